The second-order valence-electron chi connectivity index (χ2n) is 10.5. The van der Waals surface area contributed by atoms with Crippen LogP contribution in [0.2, 0.25) is 0 Å². The molecule has 0 bridgehead atoms. The van der Waals surface area contributed by atoms with E-state index in [4.69, 9.17) is 20.4 Å². The lowest BCUT2D eigenvalue weighted by Crippen LogP contribution is -2.46. The summed E-state index contributed by atoms with van der Waals surface area (Å²) in [5.74, 6) is 0.327. The minimum atomic E-state index is -0.916. The topological polar surface area (TPSA) is 82.9 Å². The van der Waals surface area contributed by atoms with Gasteiger partial charge in [-0.3, -0.25) is 9.69 Å². The molecule has 4 radical (unpaired) electrons. The van der Waals surface area contributed by atoms with E-state index in [9.17, 15) is 9.90 Å². The number of benzene rings is 2. The van der Waals surface area contributed by atoms with Crippen molar-refractivity contribution < 1.29 is 14.6 Å². The molecule has 2 N–H and O–H groups in total. The highest BCUT2D eigenvalue weighted by Gasteiger charge is 2.30. The normalized spacial score (nSPS) is 16.2. The summed E-state index contributed by atoms with van der Waals surface area (Å²) in [5.41, 5.74) is 4.13. The van der Waals surface area contributed by atoms with Crippen LogP contribution in [0.3, 0.4) is 0 Å². The molecule has 8 nitrogen and oxygen atoms in total. The lowest BCUT2D eigenvalue weighted by Gasteiger charge is -2.39. The van der Waals surface area contributed by atoms with E-state index < -0.39 is 5.60 Å². The number of hydrogen-bond donors (Lipinski definition) is 2. The van der Waals surface area contributed by atoms with E-state index in [1.165, 1.54) is 0 Å². The van der Waals surface area contributed by atoms with E-state index in [-0.39, 0.29) is 18.5 Å². The number of rotatable bonds is 10. The van der Waals surface area contributed by atoms with Crippen molar-refractivity contribution in [2.75, 3.05) is 38.2 Å². The van der Waals surface area contributed by atoms with Gasteiger partial charge in [0.15, 0.2) is 0 Å². The molecule has 0 saturated heterocycles. The molecule has 0 fully saturated rings. The third-order valence-electron chi connectivity index (χ3n) is 7.03. The lowest BCUT2D eigenvalue weighted by molar-refractivity contribution is 0.0975. The molecule has 1 aromatic heterocycles. The summed E-state index contributed by atoms with van der Waals surface area (Å²) in [6, 6.07) is 13.0. The van der Waals surface area contributed by atoms with Gasteiger partial charge in [0.1, 0.15) is 21.4 Å². The summed E-state index contributed by atoms with van der Waals surface area (Å²) in [5, 5.41) is 18.2. The number of carbonyl (C=O) groups excluding carboxylic acids is 1. The fraction of sp³-hybridized carbons (Fsp3) is 0.379. The smallest absolute Gasteiger partial charge is 0.259 e. The van der Waals surface area contributed by atoms with Crippen molar-refractivity contribution >= 4 is 44.7 Å². The minimum absolute atomic E-state index is 0.00449. The Morgan fingerprint density at radius 3 is 2.65 bits per heavy atom. The Labute approximate surface area is 243 Å². The molecule has 11 heteroatoms. The summed E-state index contributed by atoms with van der Waals surface area (Å²) in [6.07, 6.45) is 5.91. The summed E-state index contributed by atoms with van der Waals surface area (Å²) in [4.78, 5) is 15.5. The first-order valence-corrected chi connectivity index (χ1v) is 14.3. The fourth-order valence-electron chi connectivity index (χ4n) is 4.65. The van der Waals surface area contributed by atoms with E-state index in [1.807, 2.05) is 44.4 Å². The maximum atomic E-state index is 13.2. The number of anilines is 1. The minimum Gasteiger partial charge on any atom is -0.503 e. The summed E-state index contributed by atoms with van der Waals surface area (Å²) in [6.45, 7) is 7.48. The van der Waals surface area contributed by atoms with Crippen LogP contribution in [-0.2, 0) is 6.54 Å². The van der Waals surface area contributed by atoms with Gasteiger partial charge in [-0.15, -0.1) is 0 Å². The molecule has 2 aromatic carbocycles. The number of aromatic nitrogens is 2. The van der Waals surface area contributed by atoms with Crippen molar-refractivity contribution in [2.24, 2.45) is 0 Å². The van der Waals surface area contributed by atoms with Crippen molar-refractivity contribution in [3.05, 3.63) is 77.1 Å². The molecule has 0 saturated carbocycles. The second kappa shape index (κ2) is 12.7. The first-order valence-electron chi connectivity index (χ1n) is 13.1. The third kappa shape index (κ3) is 7.20. The molecule has 1 aliphatic rings. The van der Waals surface area contributed by atoms with Gasteiger partial charge < -0.3 is 15.2 Å². The molecule has 2 heterocycles. The van der Waals surface area contributed by atoms with Crippen molar-refractivity contribution in [3.8, 4) is 11.4 Å². The number of aliphatic hydroxyl groups is 1. The fourth-order valence-corrected chi connectivity index (χ4v) is 5.05. The van der Waals surface area contributed by atoms with E-state index in [1.54, 1.807) is 47.9 Å². The van der Waals surface area contributed by atoms with Gasteiger partial charge in [-0.2, -0.15) is 5.10 Å². The van der Waals surface area contributed by atoms with Crippen LogP contribution < -0.4 is 15.5 Å². The van der Waals surface area contributed by atoms with Gasteiger partial charge in [0.25, 0.3) is 5.91 Å². The zero-order valence-corrected chi connectivity index (χ0v) is 24.5. The van der Waals surface area contributed by atoms with Gasteiger partial charge in [-0.25, -0.2) is 8.99 Å². The van der Waals surface area contributed by atoms with E-state index in [0.29, 0.717) is 41.2 Å². The number of likely N-dealkylation sites (N-methyl/N-ethyl adjacent to an activating group) is 1. The van der Waals surface area contributed by atoms with Crippen LogP contribution in [-0.4, -0.2) is 90.2 Å². The number of amides is 1. The molecule has 0 aliphatic carbocycles. The van der Waals surface area contributed by atoms with Crippen LogP contribution in [0.1, 0.15) is 35.5 Å². The SMILES string of the molecule is [B]COc1cc(NC(=O)c2cn(-c3ccc([B])cc3)nc2C)ccc1CN1CC(C(C)(C)O)=CC(N(C)SC)C1. The Balaban J connectivity index is 1.52. The van der Waals surface area contributed by atoms with Crippen LogP contribution in [0.5, 0.6) is 5.75 Å². The van der Waals surface area contributed by atoms with Gasteiger partial charge in [0.2, 0.25) is 0 Å². The number of nitrogens with one attached hydrogen (secondary N) is 1. The monoisotopic (exact) mass is 555 g/mol. The van der Waals surface area contributed by atoms with Crippen LogP contribution >= 0.6 is 11.9 Å². The largest absolute Gasteiger partial charge is 0.503 e. The molecular weight excluding hydrogens is 520 g/mol. The lowest BCUT2D eigenvalue weighted by atomic mass is 9.92. The van der Waals surface area contributed by atoms with Crippen LogP contribution in [0.25, 0.3) is 5.69 Å². The number of carbonyl (C=O) groups is 1. The molecule has 4 rings (SSSR count). The predicted molar refractivity (Wildman–Crippen MR) is 164 cm³/mol. The maximum Gasteiger partial charge on any atom is 0.259 e. The quantitative estimate of drug-likeness (QED) is 0.226. The summed E-state index contributed by atoms with van der Waals surface area (Å²) in [7, 11) is 13.6. The zero-order chi connectivity index (χ0) is 29.0. The van der Waals surface area contributed by atoms with Gasteiger partial charge in [0, 0.05) is 49.7 Å². The van der Waals surface area contributed by atoms with Crippen LogP contribution in [0.4, 0.5) is 5.69 Å². The second-order valence-corrected chi connectivity index (χ2v) is 11.4. The Bertz CT molecular complexity index is 1370. The molecule has 1 unspecified atom stereocenters. The third-order valence-corrected chi connectivity index (χ3v) is 7.88. The average Bonchev–Trinajstić information content (AvgIpc) is 3.31. The van der Waals surface area contributed by atoms with Gasteiger partial charge in [-0.1, -0.05) is 41.7 Å². The standard InChI is InChI=1S/C29H35B2N5O3S/c1-19-26(17-36(33-19)24-10-7-22(31)8-11-24)28(37)32-23-9-6-20(27(13-23)39-18-30)14-35-15-21(29(2,3)38)12-25(16-35)34(4)40-5/h6-13,17,25,38H,14-16,18H2,1-5H3,(H,32,37). The van der Waals surface area contributed by atoms with E-state index >= 15 is 0 Å². The highest BCUT2D eigenvalue weighted by molar-refractivity contribution is 7.96. The van der Waals surface area contributed by atoms with Crippen molar-refractivity contribution in [2.45, 2.75) is 39.0 Å². The molecular formula is C29H35B2N5O3S. The Kier molecular flexibility index (Phi) is 9.51. The molecule has 206 valence electrons. The van der Waals surface area contributed by atoms with Crippen molar-refractivity contribution in [3.63, 3.8) is 0 Å². The van der Waals surface area contributed by atoms with Gasteiger partial charge in [-0.05, 0) is 57.8 Å². The number of ether oxygens (including phenoxy) is 1. The molecule has 0 spiro atoms. The van der Waals surface area contributed by atoms with Crippen molar-refractivity contribution in [1.29, 1.82) is 0 Å². The number of aryl methyl sites for hydroxylation is 1. The highest BCUT2D eigenvalue weighted by Crippen LogP contribution is 2.30. The molecule has 40 heavy (non-hydrogen) atoms. The van der Waals surface area contributed by atoms with Gasteiger partial charge >= 0.3 is 0 Å². The average molecular weight is 555 g/mol. The zero-order valence-electron chi connectivity index (χ0n) is 23.7. The molecule has 1 atom stereocenters. The molecule has 3 aromatic rings. The predicted octanol–water partition coefficient (Wildman–Crippen LogP) is 2.82. The van der Waals surface area contributed by atoms with E-state index in [2.05, 4.69) is 32.7 Å². The Morgan fingerprint density at radius 1 is 1.27 bits per heavy atom. The Hall–Kier alpha value is -2.98. The maximum absolute atomic E-state index is 13.2. The molecule has 1 amide bonds. The van der Waals surface area contributed by atoms with E-state index in [0.717, 1.165) is 23.4 Å². The number of nitrogens with zero attached hydrogens (tertiary/aromatic N) is 4. The first-order chi connectivity index (χ1) is 19.0. The van der Waals surface area contributed by atoms with Crippen LogP contribution in [0.15, 0.2) is 60.3 Å². The summed E-state index contributed by atoms with van der Waals surface area (Å²) >= 11 is 1.66. The van der Waals surface area contributed by atoms with Gasteiger partial charge in [0.05, 0.1) is 28.6 Å². The van der Waals surface area contributed by atoms with Crippen molar-refractivity contribution in [1.82, 2.24) is 19.0 Å². The summed E-state index contributed by atoms with van der Waals surface area (Å²) < 4.78 is 9.63. The molecule has 1 aliphatic heterocycles. The number of hydrogen-bond acceptors (Lipinski definition) is 7. The Morgan fingerprint density at radius 2 is 2.00 bits per heavy atom. The highest BCUT2D eigenvalue weighted by atomic mass is 32.2. The van der Waals surface area contributed by atoms with Crippen LogP contribution in [0, 0.1) is 6.92 Å². The first kappa shape index (κ1) is 30.0.